The molecule has 2 N–H and O–H groups in total. The SMILES string of the molecule is C=C(C)N1CCC1[C@@H](N)CCC. The van der Waals surface area contributed by atoms with Crippen molar-refractivity contribution in [1.82, 2.24) is 4.90 Å². The average molecular weight is 168 g/mol. The number of allylic oxidation sites excluding steroid dienone is 1. The molecular formula is C10H20N2. The molecule has 70 valence electrons. The molecule has 1 unspecified atom stereocenters. The number of likely N-dealkylation sites (tertiary alicyclic amines) is 1. The van der Waals surface area contributed by atoms with Crippen LogP contribution >= 0.6 is 0 Å². The summed E-state index contributed by atoms with van der Waals surface area (Å²) in [4.78, 5) is 2.32. The molecule has 0 radical (unpaired) electrons. The molecule has 1 fully saturated rings. The molecular weight excluding hydrogens is 148 g/mol. The fourth-order valence-electron chi connectivity index (χ4n) is 1.85. The normalized spacial score (nSPS) is 24.9. The van der Waals surface area contributed by atoms with E-state index < -0.39 is 0 Å². The highest BCUT2D eigenvalue weighted by molar-refractivity contribution is 5.02. The topological polar surface area (TPSA) is 29.3 Å². The van der Waals surface area contributed by atoms with Crippen molar-refractivity contribution in [2.24, 2.45) is 5.73 Å². The van der Waals surface area contributed by atoms with Gasteiger partial charge in [0.25, 0.3) is 0 Å². The number of nitrogens with zero attached hydrogens (tertiary/aromatic N) is 1. The summed E-state index contributed by atoms with van der Waals surface area (Å²) in [5, 5.41) is 0. The van der Waals surface area contributed by atoms with E-state index in [4.69, 9.17) is 5.73 Å². The Morgan fingerprint density at radius 1 is 1.75 bits per heavy atom. The summed E-state index contributed by atoms with van der Waals surface area (Å²) in [6.07, 6.45) is 3.56. The van der Waals surface area contributed by atoms with Crippen molar-refractivity contribution in [2.75, 3.05) is 6.54 Å². The average Bonchev–Trinajstić information content (AvgIpc) is 1.82. The van der Waals surface area contributed by atoms with Gasteiger partial charge < -0.3 is 10.6 Å². The van der Waals surface area contributed by atoms with Crippen LogP contribution in [-0.4, -0.2) is 23.5 Å². The number of rotatable bonds is 4. The maximum Gasteiger partial charge on any atom is 0.0454 e. The number of nitrogens with two attached hydrogens (primary N) is 1. The minimum atomic E-state index is 0.348. The summed E-state index contributed by atoms with van der Waals surface area (Å²) < 4.78 is 0. The van der Waals surface area contributed by atoms with E-state index in [1.165, 1.54) is 12.8 Å². The molecule has 0 aromatic rings. The predicted octanol–water partition coefficient (Wildman–Crippen LogP) is 1.72. The van der Waals surface area contributed by atoms with Gasteiger partial charge in [-0.2, -0.15) is 0 Å². The Kier molecular flexibility index (Phi) is 3.15. The van der Waals surface area contributed by atoms with E-state index in [1.807, 2.05) is 0 Å². The lowest BCUT2D eigenvalue weighted by atomic mass is 9.92. The zero-order valence-electron chi connectivity index (χ0n) is 8.21. The van der Waals surface area contributed by atoms with Gasteiger partial charge in [0.15, 0.2) is 0 Å². The maximum atomic E-state index is 6.03. The van der Waals surface area contributed by atoms with Crippen LogP contribution < -0.4 is 5.73 Å². The lowest BCUT2D eigenvalue weighted by molar-refractivity contribution is 0.109. The fraction of sp³-hybridized carbons (Fsp3) is 0.800. The molecule has 0 aromatic heterocycles. The standard InChI is InChI=1S/C10H20N2/c1-4-5-9(11)10-6-7-12(10)8(2)3/h9-10H,2,4-7,11H2,1,3H3/t9-,10?/m0/s1. The molecule has 1 rings (SSSR count). The van der Waals surface area contributed by atoms with Gasteiger partial charge >= 0.3 is 0 Å². The van der Waals surface area contributed by atoms with Crippen LogP contribution in [0.15, 0.2) is 12.3 Å². The first kappa shape index (κ1) is 9.59. The fourth-order valence-corrected chi connectivity index (χ4v) is 1.85. The number of hydrogen-bond acceptors (Lipinski definition) is 2. The smallest absolute Gasteiger partial charge is 0.0454 e. The molecule has 2 atom stereocenters. The highest BCUT2D eigenvalue weighted by Gasteiger charge is 2.31. The summed E-state index contributed by atoms with van der Waals surface area (Å²) in [5.74, 6) is 0. The largest absolute Gasteiger partial charge is 0.371 e. The Balaban J connectivity index is 2.37. The van der Waals surface area contributed by atoms with Crippen LogP contribution in [0.4, 0.5) is 0 Å². The molecule has 1 saturated heterocycles. The van der Waals surface area contributed by atoms with Gasteiger partial charge in [-0.05, 0) is 19.8 Å². The van der Waals surface area contributed by atoms with Crippen molar-refractivity contribution < 1.29 is 0 Å². The molecule has 0 amide bonds. The van der Waals surface area contributed by atoms with E-state index in [2.05, 4.69) is 25.3 Å². The van der Waals surface area contributed by atoms with Gasteiger partial charge in [-0.3, -0.25) is 0 Å². The Bertz CT molecular complexity index is 165. The third-order valence-electron chi connectivity index (χ3n) is 2.67. The van der Waals surface area contributed by atoms with Gasteiger partial charge in [0.05, 0.1) is 0 Å². The predicted molar refractivity (Wildman–Crippen MR) is 52.8 cm³/mol. The quantitative estimate of drug-likeness (QED) is 0.692. The first-order valence-corrected chi connectivity index (χ1v) is 4.84. The molecule has 0 aliphatic carbocycles. The van der Waals surface area contributed by atoms with Gasteiger partial charge in [0.2, 0.25) is 0 Å². The van der Waals surface area contributed by atoms with Crippen molar-refractivity contribution in [3.05, 3.63) is 12.3 Å². The second kappa shape index (κ2) is 3.94. The summed E-state index contributed by atoms with van der Waals surface area (Å²) in [5.41, 5.74) is 7.20. The van der Waals surface area contributed by atoms with Crippen LogP contribution in [0, 0.1) is 0 Å². The Labute approximate surface area is 75.4 Å². The lowest BCUT2D eigenvalue weighted by Gasteiger charge is -2.46. The summed E-state index contributed by atoms with van der Waals surface area (Å²) in [7, 11) is 0. The van der Waals surface area contributed by atoms with E-state index in [9.17, 15) is 0 Å². The zero-order valence-corrected chi connectivity index (χ0v) is 8.21. The van der Waals surface area contributed by atoms with Crippen LogP contribution in [0.3, 0.4) is 0 Å². The Morgan fingerprint density at radius 2 is 2.42 bits per heavy atom. The van der Waals surface area contributed by atoms with Crippen molar-refractivity contribution in [3.63, 3.8) is 0 Å². The lowest BCUT2D eigenvalue weighted by Crippen LogP contribution is -2.55. The van der Waals surface area contributed by atoms with Gasteiger partial charge in [0, 0.05) is 24.3 Å². The molecule has 1 heterocycles. The molecule has 0 aromatic carbocycles. The van der Waals surface area contributed by atoms with Crippen molar-refractivity contribution in [3.8, 4) is 0 Å². The van der Waals surface area contributed by atoms with E-state index in [0.29, 0.717) is 12.1 Å². The molecule has 2 heteroatoms. The van der Waals surface area contributed by atoms with Gasteiger partial charge in [-0.25, -0.2) is 0 Å². The third-order valence-corrected chi connectivity index (χ3v) is 2.67. The van der Waals surface area contributed by atoms with Crippen molar-refractivity contribution >= 4 is 0 Å². The first-order valence-electron chi connectivity index (χ1n) is 4.84. The summed E-state index contributed by atoms with van der Waals surface area (Å²) >= 11 is 0. The van der Waals surface area contributed by atoms with Crippen LogP contribution in [0.2, 0.25) is 0 Å². The Morgan fingerprint density at radius 3 is 2.75 bits per heavy atom. The number of hydrogen-bond donors (Lipinski definition) is 1. The van der Waals surface area contributed by atoms with Crippen LogP contribution in [0.5, 0.6) is 0 Å². The monoisotopic (exact) mass is 168 g/mol. The van der Waals surface area contributed by atoms with Crippen LogP contribution in [-0.2, 0) is 0 Å². The van der Waals surface area contributed by atoms with E-state index >= 15 is 0 Å². The molecule has 0 saturated carbocycles. The molecule has 0 bridgehead atoms. The van der Waals surface area contributed by atoms with Gasteiger partial charge in [0.1, 0.15) is 0 Å². The minimum Gasteiger partial charge on any atom is -0.371 e. The van der Waals surface area contributed by atoms with Crippen LogP contribution in [0.25, 0.3) is 0 Å². The highest BCUT2D eigenvalue weighted by Crippen LogP contribution is 2.25. The molecule has 2 nitrogen and oxygen atoms in total. The van der Waals surface area contributed by atoms with E-state index in [0.717, 1.165) is 18.7 Å². The third kappa shape index (κ3) is 1.81. The van der Waals surface area contributed by atoms with Gasteiger partial charge in [-0.1, -0.05) is 19.9 Å². The van der Waals surface area contributed by atoms with Gasteiger partial charge in [-0.15, -0.1) is 0 Å². The minimum absolute atomic E-state index is 0.348. The molecule has 1 aliphatic heterocycles. The van der Waals surface area contributed by atoms with Crippen molar-refractivity contribution in [1.29, 1.82) is 0 Å². The molecule has 0 spiro atoms. The second-order valence-corrected chi connectivity index (χ2v) is 3.74. The highest BCUT2D eigenvalue weighted by atomic mass is 15.2. The van der Waals surface area contributed by atoms with Crippen LogP contribution in [0.1, 0.15) is 33.1 Å². The van der Waals surface area contributed by atoms with Crippen molar-refractivity contribution in [2.45, 2.75) is 45.2 Å². The summed E-state index contributed by atoms with van der Waals surface area (Å²) in [6.45, 7) is 9.33. The zero-order chi connectivity index (χ0) is 9.14. The first-order chi connectivity index (χ1) is 5.66. The molecule has 12 heavy (non-hydrogen) atoms. The second-order valence-electron chi connectivity index (χ2n) is 3.74. The Hall–Kier alpha value is -0.500. The maximum absolute atomic E-state index is 6.03. The van der Waals surface area contributed by atoms with E-state index in [1.54, 1.807) is 0 Å². The summed E-state index contributed by atoms with van der Waals surface area (Å²) in [6, 6.07) is 0.919. The van der Waals surface area contributed by atoms with E-state index in [-0.39, 0.29) is 0 Å². The molecule has 1 aliphatic rings.